The first-order chi connectivity index (χ1) is 12.4. The molecule has 0 saturated heterocycles. The Labute approximate surface area is 151 Å². The summed E-state index contributed by atoms with van der Waals surface area (Å²) in [5, 5.41) is 26.9. The second-order valence-corrected chi connectivity index (χ2v) is 6.43. The van der Waals surface area contributed by atoms with Gasteiger partial charge in [-0.05, 0) is 24.6 Å². The predicted molar refractivity (Wildman–Crippen MR) is 96.6 cm³/mol. The minimum absolute atomic E-state index is 0.208. The number of hydrogen-bond acceptors (Lipinski definition) is 5. The summed E-state index contributed by atoms with van der Waals surface area (Å²) in [6.07, 6.45) is 1.74. The third-order valence-electron chi connectivity index (χ3n) is 4.63. The molecule has 0 spiro atoms. The first kappa shape index (κ1) is 17.2. The summed E-state index contributed by atoms with van der Waals surface area (Å²) >= 11 is 0. The number of nitrogens with one attached hydrogen (secondary N) is 1. The van der Waals surface area contributed by atoms with Crippen LogP contribution in [0.15, 0.2) is 41.2 Å². The largest absolute Gasteiger partial charge is 0.353 e. The van der Waals surface area contributed by atoms with E-state index in [1.54, 1.807) is 25.2 Å². The number of nitrogens with zero attached hydrogens (tertiary/aromatic N) is 5. The molecule has 1 aromatic heterocycles. The first-order valence-electron chi connectivity index (χ1n) is 8.04. The summed E-state index contributed by atoms with van der Waals surface area (Å²) in [7, 11) is 5.15. The number of allylic oxidation sites excluding steroid dienone is 3. The van der Waals surface area contributed by atoms with E-state index in [4.69, 9.17) is 0 Å². The Morgan fingerprint density at radius 1 is 1.31 bits per heavy atom. The molecule has 1 aliphatic rings. The quantitative estimate of drug-likeness (QED) is 0.900. The van der Waals surface area contributed by atoms with Gasteiger partial charge in [0.25, 0.3) is 5.91 Å². The molecule has 2 aromatic rings. The van der Waals surface area contributed by atoms with E-state index in [1.807, 2.05) is 32.2 Å². The predicted octanol–water partition coefficient (Wildman–Crippen LogP) is 2.50. The average molecular weight is 346 g/mol. The van der Waals surface area contributed by atoms with Crippen molar-refractivity contribution in [3.63, 3.8) is 0 Å². The molecule has 2 heterocycles. The van der Waals surface area contributed by atoms with Crippen molar-refractivity contribution < 1.29 is 4.79 Å². The summed E-state index contributed by atoms with van der Waals surface area (Å²) < 4.78 is 0. The number of H-pyrrole nitrogens is 1. The highest BCUT2D eigenvalue weighted by atomic mass is 16.2. The van der Waals surface area contributed by atoms with Gasteiger partial charge in [0.05, 0.1) is 34.7 Å². The Balaban J connectivity index is 2.20. The zero-order chi connectivity index (χ0) is 19.0. The van der Waals surface area contributed by atoms with E-state index in [9.17, 15) is 15.3 Å². The molecule has 0 aliphatic carbocycles. The van der Waals surface area contributed by atoms with Crippen molar-refractivity contribution in [2.45, 2.75) is 12.8 Å². The molecule has 0 radical (unpaired) electrons. The Bertz CT molecular complexity index is 1040. The zero-order valence-corrected chi connectivity index (χ0v) is 15.0. The monoisotopic (exact) mass is 346 g/mol. The van der Waals surface area contributed by atoms with Gasteiger partial charge >= 0.3 is 0 Å². The molecule has 0 saturated carbocycles. The maximum absolute atomic E-state index is 12.4. The molecule has 1 aliphatic heterocycles. The smallest absolute Gasteiger partial charge is 0.274 e. The summed E-state index contributed by atoms with van der Waals surface area (Å²) in [6.45, 7) is 1.85. The molecule has 0 fully saturated rings. The summed E-state index contributed by atoms with van der Waals surface area (Å²) in [4.78, 5) is 15.6. The average Bonchev–Trinajstić information content (AvgIpc) is 3.05. The van der Waals surface area contributed by atoms with E-state index in [-0.39, 0.29) is 5.91 Å². The lowest BCUT2D eigenvalue weighted by Gasteiger charge is -2.28. The fourth-order valence-corrected chi connectivity index (χ4v) is 3.11. The van der Waals surface area contributed by atoms with Gasteiger partial charge in [0.15, 0.2) is 5.69 Å². The normalized spacial score (nSPS) is 16.9. The van der Waals surface area contributed by atoms with Crippen LogP contribution < -0.4 is 0 Å². The van der Waals surface area contributed by atoms with Gasteiger partial charge in [-0.2, -0.15) is 15.6 Å². The molecule has 0 bridgehead atoms. The van der Waals surface area contributed by atoms with Crippen LogP contribution in [0.2, 0.25) is 0 Å². The summed E-state index contributed by atoms with van der Waals surface area (Å²) in [6, 6.07) is 9.96. The lowest BCUT2D eigenvalue weighted by molar-refractivity contribution is 0.0823. The van der Waals surface area contributed by atoms with E-state index in [0.29, 0.717) is 22.2 Å². The standard InChI is InChI=1S/C19H18N6O/c1-11-15(9-21)17(13(8-20)10-25(11)4)12-5-6-16-14(7-12)18(23-22-16)19(26)24(2)3/h5-7,10,17H,1-4H3,(H,22,23). The number of carbonyl (C=O) groups excluding carboxylic acids is 1. The lowest BCUT2D eigenvalue weighted by Crippen LogP contribution is -2.22. The van der Waals surface area contributed by atoms with Crippen LogP contribution in [-0.4, -0.2) is 47.0 Å². The SMILES string of the molecule is CC1=C(C#N)C(c2ccc3[nH]nc(C(=O)N(C)C)c3c2)C(C#N)=CN1C. The maximum Gasteiger partial charge on any atom is 0.274 e. The molecule has 7 heteroatoms. The van der Waals surface area contributed by atoms with Crippen LogP contribution in [-0.2, 0) is 0 Å². The number of aromatic nitrogens is 2. The Kier molecular flexibility index (Phi) is 4.23. The van der Waals surface area contributed by atoms with Gasteiger partial charge in [-0.1, -0.05) is 6.07 Å². The van der Waals surface area contributed by atoms with Gasteiger partial charge < -0.3 is 9.80 Å². The van der Waals surface area contributed by atoms with Crippen LogP contribution in [0, 0.1) is 22.7 Å². The van der Waals surface area contributed by atoms with Crippen LogP contribution in [0.5, 0.6) is 0 Å². The van der Waals surface area contributed by atoms with Crippen molar-refractivity contribution in [2.24, 2.45) is 0 Å². The number of nitriles is 2. The number of rotatable bonds is 2. The number of aromatic amines is 1. The van der Waals surface area contributed by atoms with Crippen molar-refractivity contribution in [1.82, 2.24) is 20.0 Å². The Morgan fingerprint density at radius 2 is 2.04 bits per heavy atom. The fraction of sp³-hybridized carbons (Fsp3) is 0.263. The molecule has 3 rings (SSSR count). The lowest BCUT2D eigenvalue weighted by atomic mass is 9.82. The minimum atomic E-state index is -0.456. The Hall–Kier alpha value is -3.58. The number of hydrogen-bond donors (Lipinski definition) is 1. The second-order valence-electron chi connectivity index (χ2n) is 6.43. The van der Waals surface area contributed by atoms with E-state index >= 15 is 0 Å². The van der Waals surface area contributed by atoms with Gasteiger partial charge in [0.1, 0.15) is 0 Å². The second kappa shape index (κ2) is 6.38. The molecule has 7 nitrogen and oxygen atoms in total. The first-order valence-corrected chi connectivity index (χ1v) is 8.04. The summed E-state index contributed by atoms with van der Waals surface area (Å²) in [5.74, 6) is -0.664. The van der Waals surface area contributed by atoms with E-state index in [0.717, 1.165) is 16.8 Å². The van der Waals surface area contributed by atoms with Crippen molar-refractivity contribution >= 4 is 16.8 Å². The van der Waals surface area contributed by atoms with Crippen LogP contribution >= 0.6 is 0 Å². The molecular weight excluding hydrogens is 328 g/mol. The van der Waals surface area contributed by atoms with Crippen LogP contribution in [0.4, 0.5) is 0 Å². The molecule has 1 unspecified atom stereocenters. The van der Waals surface area contributed by atoms with Gasteiger partial charge in [-0.15, -0.1) is 0 Å². The van der Waals surface area contributed by atoms with Crippen molar-refractivity contribution in [1.29, 1.82) is 10.5 Å². The van der Waals surface area contributed by atoms with Crippen LogP contribution in [0.1, 0.15) is 28.9 Å². The highest BCUT2D eigenvalue weighted by Crippen LogP contribution is 2.38. The van der Waals surface area contributed by atoms with E-state index in [1.165, 1.54) is 4.90 Å². The molecule has 130 valence electrons. The van der Waals surface area contributed by atoms with Crippen LogP contribution in [0.3, 0.4) is 0 Å². The van der Waals surface area contributed by atoms with Gasteiger partial charge in [-0.3, -0.25) is 9.89 Å². The number of benzene rings is 1. The molecule has 1 amide bonds. The maximum atomic E-state index is 12.4. The third kappa shape index (κ3) is 2.60. The summed E-state index contributed by atoms with van der Waals surface area (Å²) in [5.41, 5.74) is 3.64. The number of amides is 1. The fourth-order valence-electron chi connectivity index (χ4n) is 3.11. The van der Waals surface area contributed by atoms with Crippen LogP contribution in [0.25, 0.3) is 10.9 Å². The minimum Gasteiger partial charge on any atom is -0.353 e. The van der Waals surface area contributed by atoms with Gasteiger partial charge in [0.2, 0.25) is 0 Å². The molecule has 1 atom stereocenters. The van der Waals surface area contributed by atoms with Crippen molar-refractivity contribution in [2.75, 3.05) is 21.1 Å². The highest BCUT2D eigenvalue weighted by Gasteiger charge is 2.29. The molecular formula is C19H18N6O. The van der Waals surface area contributed by atoms with Gasteiger partial charge in [0, 0.05) is 38.4 Å². The Morgan fingerprint density at radius 3 is 2.65 bits per heavy atom. The number of fused-ring (bicyclic) bond motifs is 1. The van der Waals surface area contributed by atoms with Crippen molar-refractivity contribution in [3.05, 3.63) is 52.5 Å². The molecule has 1 aromatic carbocycles. The number of carbonyl (C=O) groups is 1. The zero-order valence-electron chi connectivity index (χ0n) is 15.0. The van der Waals surface area contributed by atoms with E-state index < -0.39 is 5.92 Å². The third-order valence-corrected chi connectivity index (χ3v) is 4.63. The van der Waals surface area contributed by atoms with Crippen molar-refractivity contribution in [3.8, 4) is 12.1 Å². The van der Waals surface area contributed by atoms with Gasteiger partial charge in [-0.25, -0.2) is 0 Å². The highest BCUT2D eigenvalue weighted by molar-refractivity contribution is 6.04. The molecule has 1 N–H and O–H groups in total. The topological polar surface area (TPSA) is 99.8 Å². The molecule has 26 heavy (non-hydrogen) atoms. The van der Waals surface area contributed by atoms with E-state index in [2.05, 4.69) is 22.3 Å².